The number of hydrogen-bond acceptors (Lipinski definition) is 7. The number of methoxy groups -OCH3 is 1. The summed E-state index contributed by atoms with van der Waals surface area (Å²) < 4.78 is 16.2. The van der Waals surface area contributed by atoms with E-state index in [1.54, 1.807) is 37.3 Å². The number of hydrogen-bond donors (Lipinski definition) is 2. The summed E-state index contributed by atoms with van der Waals surface area (Å²) in [5, 5.41) is 21.9. The fourth-order valence-electron chi connectivity index (χ4n) is 4.30. The quantitative estimate of drug-likeness (QED) is 0.195. The molecule has 2 N–H and O–H groups in total. The molecule has 0 radical (unpaired) electrons. The molecule has 1 amide bonds. The number of aliphatic hydroxyl groups excluding tert-OH is 1. The van der Waals surface area contributed by atoms with Gasteiger partial charge in [-0.1, -0.05) is 29.3 Å². The molecule has 8 nitrogen and oxygen atoms in total. The molecular formula is C28H25Cl2NO7. The lowest BCUT2D eigenvalue weighted by Gasteiger charge is -2.26. The lowest BCUT2D eigenvalue weighted by molar-refractivity contribution is -0.132. The molecule has 0 saturated carbocycles. The van der Waals surface area contributed by atoms with Crippen molar-refractivity contribution in [2.75, 3.05) is 25.2 Å². The molecule has 38 heavy (non-hydrogen) atoms. The van der Waals surface area contributed by atoms with Crippen LogP contribution in [0.15, 0.2) is 60.2 Å². The van der Waals surface area contributed by atoms with Crippen molar-refractivity contribution >= 4 is 46.3 Å². The zero-order valence-corrected chi connectivity index (χ0v) is 22.3. The number of benzene rings is 3. The highest BCUT2D eigenvalue weighted by molar-refractivity contribution is 6.51. The Bertz CT molecular complexity index is 1400. The summed E-state index contributed by atoms with van der Waals surface area (Å²) in [5.41, 5.74) is 0.761. The Morgan fingerprint density at radius 1 is 0.947 bits per heavy atom. The maximum atomic E-state index is 13.4. The summed E-state index contributed by atoms with van der Waals surface area (Å²) in [6, 6.07) is 12.9. The standard InChI is InChI=1S/C28H25Cl2NO7/c1-4-37-18-9-7-17(8-10-18)31-24(15-6-11-21(32)22(14-15)38-5-2)23(26(34)28(31)35)25(33)16-12-19(29)27(36-3)20(30)13-16/h6-14,24,32-33H,4-5H2,1-3H3/b25-23+. The van der Waals surface area contributed by atoms with Gasteiger partial charge in [0.05, 0.1) is 42.0 Å². The maximum Gasteiger partial charge on any atom is 0.300 e. The maximum absolute atomic E-state index is 13.4. The number of carbonyl (C=O) groups excluding carboxylic acids is 2. The van der Waals surface area contributed by atoms with E-state index in [9.17, 15) is 19.8 Å². The summed E-state index contributed by atoms with van der Waals surface area (Å²) >= 11 is 12.6. The van der Waals surface area contributed by atoms with E-state index in [1.807, 2.05) is 6.92 Å². The summed E-state index contributed by atoms with van der Waals surface area (Å²) in [6.07, 6.45) is 0. The minimum Gasteiger partial charge on any atom is -0.507 e. The van der Waals surface area contributed by atoms with E-state index in [4.69, 9.17) is 37.4 Å². The highest BCUT2D eigenvalue weighted by atomic mass is 35.5. The molecule has 0 spiro atoms. The summed E-state index contributed by atoms with van der Waals surface area (Å²) in [4.78, 5) is 28.1. The van der Waals surface area contributed by atoms with Crippen molar-refractivity contribution in [1.82, 2.24) is 0 Å². The van der Waals surface area contributed by atoms with Gasteiger partial charge in [-0.15, -0.1) is 0 Å². The molecular weight excluding hydrogens is 533 g/mol. The van der Waals surface area contributed by atoms with Gasteiger partial charge < -0.3 is 24.4 Å². The van der Waals surface area contributed by atoms with Crippen molar-refractivity contribution < 1.29 is 34.0 Å². The van der Waals surface area contributed by atoms with Gasteiger partial charge in [0.15, 0.2) is 17.2 Å². The van der Waals surface area contributed by atoms with Gasteiger partial charge >= 0.3 is 0 Å². The first-order valence-electron chi connectivity index (χ1n) is 11.7. The second-order valence-electron chi connectivity index (χ2n) is 8.23. The van der Waals surface area contributed by atoms with Crippen molar-refractivity contribution in [2.45, 2.75) is 19.9 Å². The predicted octanol–water partition coefficient (Wildman–Crippen LogP) is 6.13. The third kappa shape index (κ3) is 4.97. The van der Waals surface area contributed by atoms with Gasteiger partial charge in [0.25, 0.3) is 11.7 Å². The first-order valence-corrected chi connectivity index (χ1v) is 12.5. The zero-order chi connectivity index (χ0) is 27.6. The monoisotopic (exact) mass is 557 g/mol. The van der Waals surface area contributed by atoms with E-state index in [0.717, 1.165) is 0 Å². The Hall–Kier alpha value is -3.88. The molecule has 198 valence electrons. The third-order valence-electron chi connectivity index (χ3n) is 5.95. The van der Waals surface area contributed by atoms with Gasteiger partial charge in [-0.05, 0) is 67.9 Å². The normalized spacial score (nSPS) is 16.6. The van der Waals surface area contributed by atoms with Crippen molar-refractivity contribution in [3.8, 4) is 23.0 Å². The lowest BCUT2D eigenvalue weighted by Crippen LogP contribution is -2.29. The minimum absolute atomic E-state index is 0.109. The lowest BCUT2D eigenvalue weighted by atomic mass is 9.94. The van der Waals surface area contributed by atoms with Crippen LogP contribution in [-0.2, 0) is 9.59 Å². The number of rotatable bonds is 8. The van der Waals surface area contributed by atoms with Gasteiger partial charge in [0, 0.05) is 11.3 Å². The van der Waals surface area contributed by atoms with Crippen LogP contribution in [0.2, 0.25) is 10.0 Å². The number of nitrogens with zero attached hydrogens (tertiary/aromatic N) is 1. The van der Waals surface area contributed by atoms with Gasteiger partial charge in [-0.3, -0.25) is 14.5 Å². The first-order chi connectivity index (χ1) is 18.2. The van der Waals surface area contributed by atoms with Gasteiger partial charge in [-0.2, -0.15) is 0 Å². The number of aromatic hydroxyl groups is 1. The molecule has 1 fully saturated rings. The molecule has 1 aliphatic rings. The fourth-order valence-corrected chi connectivity index (χ4v) is 4.94. The molecule has 1 atom stereocenters. The van der Waals surface area contributed by atoms with Crippen LogP contribution in [0, 0.1) is 0 Å². The molecule has 3 aromatic rings. The number of ketones is 1. The number of carbonyl (C=O) groups is 2. The Labute approximate surface area is 229 Å². The Morgan fingerprint density at radius 3 is 2.16 bits per heavy atom. The van der Waals surface area contributed by atoms with E-state index in [0.29, 0.717) is 23.6 Å². The van der Waals surface area contributed by atoms with Gasteiger partial charge in [0.2, 0.25) is 0 Å². The van der Waals surface area contributed by atoms with Crippen LogP contribution in [-0.4, -0.2) is 42.2 Å². The molecule has 4 rings (SSSR count). The largest absolute Gasteiger partial charge is 0.507 e. The number of anilines is 1. The van der Waals surface area contributed by atoms with Crippen molar-refractivity contribution in [3.63, 3.8) is 0 Å². The van der Waals surface area contributed by atoms with Crippen LogP contribution in [0.4, 0.5) is 5.69 Å². The van der Waals surface area contributed by atoms with Crippen LogP contribution < -0.4 is 19.1 Å². The number of phenolic OH excluding ortho intramolecular Hbond substituents is 1. The van der Waals surface area contributed by atoms with E-state index in [-0.39, 0.29) is 45.0 Å². The van der Waals surface area contributed by atoms with Crippen LogP contribution in [0.3, 0.4) is 0 Å². The molecule has 1 unspecified atom stereocenters. The molecule has 1 heterocycles. The number of Topliss-reactive ketones (excluding diaryl/α,β-unsaturated/α-hetero) is 1. The molecule has 10 heteroatoms. The Morgan fingerprint density at radius 2 is 1.58 bits per heavy atom. The molecule has 0 aromatic heterocycles. The number of phenols is 1. The second kappa shape index (κ2) is 11.2. The van der Waals surface area contributed by atoms with E-state index < -0.39 is 23.5 Å². The van der Waals surface area contributed by atoms with Gasteiger partial charge in [-0.25, -0.2) is 0 Å². The van der Waals surface area contributed by atoms with Crippen LogP contribution in [0.5, 0.6) is 23.0 Å². The number of amides is 1. The van der Waals surface area contributed by atoms with E-state index in [2.05, 4.69) is 0 Å². The van der Waals surface area contributed by atoms with E-state index in [1.165, 1.54) is 36.3 Å². The molecule has 0 aliphatic carbocycles. The second-order valence-corrected chi connectivity index (χ2v) is 9.04. The van der Waals surface area contributed by atoms with Gasteiger partial charge in [0.1, 0.15) is 11.5 Å². The van der Waals surface area contributed by atoms with E-state index >= 15 is 0 Å². The SMILES string of the molecule is CCOc1ccc(N2C(=O)C(=O)/C(=C(/O)c3cc(Cl)c(OC)c(Cl)c3)C2c2ccc(O)c(OCC)c2)cc1. The van der Waals surface area contributed by atoms with Crippen LogP contribution >= 0.6 is 23.2 Å². The zero-order valence-electron chi connectivity index (χ0n) is 20.8. The molecule has 3 aromatic carbocycles. The highest BCUT2D eigenvalue weighted by Crippen LogP contribution is 2.45. The third-order valence-corrected chi connectivity index (χ3v) is 6.51. The summed E-state index contributed by atoms with van der Waals surface area (Å²) in [6.45, 7) is 4.35. The average molecular weight is 558 g/mol. The van der Waals surface area contributed by atoms with Crippen molar-refractivity contribution in [3.05, 3.63) is 81.3 Å². The molecule has 1 aliphatic heterocycles. The van der Waals surface area contributed by atoms with Crippen LogP contribution in [0.1, 0.15) is 31.0 Å². The minimum atomic E-state index is -1.06. The fraction of sp³-hybridized carbons (Fsp3) is 0.214. The van der Waals surface area contributed by atoms with Crippen molar-refractivity contribution in [2.24, 2.45) is 0 Å². The number of halogens is 2. The molecule has 1 saturated heterocycles. The Kier molecular flexibility index (Phi) is 8.04. The predicted molar refractivity (Wildman–Crippen MR) is 145 cm³/mol. The molecule has 0 bridgehead atoms. The smallest absolute Gasteiger partial charge is 0.300 e. The summed E-state index contributed by atoms with van der Waals surface area (Å²) in [5.74, 6) is -1.38. The average Bonchev–Trinajstić information content (AvgIpc) is 3.15. The van der Waals surface area contributed by atoms with Crippen LogP contribution in [0.25, 0.3) is 5.76 Å². The number of ether oxygens (including phenoxy) is 3. The first kappa shape index (κ1) is 27.2. The highest BCUT2D eigenvalue weighted by Gasteiger charge is 2.47. The topological polar surface area (TPSA) is 106 Å². The summed E-state index contributed by atoms with van der Waals surface area (Å²) in [7, 11) is 1.40. The number of aliphatic hydroxyl groups is 1. The van der Waals surface area contributed by atoms with Crippen molar-refractivity contribution in [1.29, 1.82) is 0 Å². The Balaban J connectivity index is 1.94.